The first-order valence-corrected chi connectivity index (χ1v) is 31.8. The molecule has 29 N–H and O–H groups in total. The summed E-state index contributed by atoms with van der Waals surface area (Å²) in [7, 11) is 0. The minimum absolute atomic E-state index is 0.0133. The van der Waals surface area contributed by atoms with Gasteiger partial charge in [-0.1, -0.05) is 68.8 Å². The second-order valence-corrected chi connectivity index (χ2v) is 23.1. The maximum atomic E-state index is 15.0. The third-order valence-corrected chi connectivity index (χ3v) is 15.7. The quantitative estimate of drug-likeness (QED) is 0.0146. The zero-order chi connectivity index (χ0) is 69.1. The Morgan fingerprint density at radius 1 is 0.511 bits per heavy atom. The number of carboxylic acid groups (broad SMARTS) is 1. The van der Waals surface area contributed by atoms with Crippen molar-refractivity contribution in [3.63, 3.8) is 0 Å². The highest BCUT2D eigenvalue weighted by Gasteiger charge is 2.37. The van der Waals surface area contributed by atoms with Crippen LogP contribution in [0.15, 0.2) is 80.8 Å². The Hall–Kier alpha value is -9.79. The van der Waals surface area contributed by atoms with E-state index in [2.05, 4.69) is 72.8 Å². The number of nitrogens with zero attached hydrogens (tertiary/aromatic N) is 4. The number of para-hydroxylation sites is 1. The van der Waals surface area contributed by atoms with Gasteiger partial charge in [-0.05, 0) is 120 Å². The van der Waals surface area contributed by atoms with Gasteiger partial charge in [0.2, 0.25) is 47.3 Å². The number of aromatic nitrogens is 1. The third kappa shape index (κ3) is 27.6. The van der Waals surface area contributed by atoms with Crippen molar-refractivity contribution in [3.8, 4) is 0 Å². The first-order valence-electron chi connectivity index (χ1n) is 31.8. The lowest BCUT2D eigenvalue weighted by molar-refractivity contribution is -0.142. The van der Waals surface area contributed by atoms with Crippen LogP contribution in [0.25, 0.3) is 10.9 Å². The van der Waals surface area contributed by atoms with E-state index in [0.717, 1.165) is 22.9 Å². The standard InChI is InChI=1S/C61H99N23O10/c1-3-35(2)48(56(92)80-43(23-13-29-73-59(65)66)52(88)81-45(57(93)94)25-15-31-75-61(69)70)84-53(89)44(24-14-30-74-60(67)68)78-50(86)41(20-9-10-26-62)77-51(87)42(22-12-28-72-58(63)64)79-55(91)47(33-37-34-76-39-19-8-7-18-38(37)39)83-54(90)46(32-36-16-5-4-6-17-36)82-49(85)40-21-11-27-71-40/h4-8,16-19,34-35,40-48,71,76H,3,9-15,20-33,62H2,1-2H3,(H,77,87)(H,78,86)(H,79,91)(H,80,92)(H,81,88)(H,82,85)(H,83,90)(H,84,89)(H,93,94)(H4,63,64,72)(H4,65,66,73)(H4,67,68,74)(H4,69,70,75)/t35-,40-,41-,42-,43-,44-,45-,46-,47-,48-/m0/s1. The van der Waals surface area contributed by atoms with Crippen LogP contribution in [0.1, 0.15) is 115 Å². The van der Waals surface area contributed by atoms with Gasteiger partial charge in [0.25, 0.3) is 0 Å². The molecule has 33 nitrogen and oxygen atoms in total. The molecule has 33 heteroatoms. The normalized spacial score (nSPS) is 15.5. The molecular formula is C61H99N23O10. The molecule has 0 bridgehead atoms. The van der Waals surface area contributed by atoms with E-state index < -0.39 is 108 Å². The highest BCUT2D eigenvalue weighted by Crippen LogP contribution is 2.21. The number of nitrogens with two attached hydrogens (primary N) is 9. The van der Waals surface area contributed by atoms with E-state index in [4.69, 9.17) is 51.6 Å². The summed E-state index contributed by atoms with van der Waals surface area (Å²) in [6.07, 6.45) is 4.31. The first kappa shape index (κ1) is 76.7. The van der Waals surface area contributed by atoms with Crippen LogP contribution in [0, 0.1) is 5.92 Å². The Labute approximate surface area is 546 Å². The lowest BCUT2D eigenvalue weighted by Gasteiger charge is -2.30. The molecule has 94 heavy (non-hydrogen) atoms. The number of aliphatic imine (C=N–C) groups is 4. The molecule has 0 unspecified atom stereocenters. The fourth-order valence-corrected chi connectivity index (χ4v) is 10.4. The van der Waals surface area contributed by atoms with Gasteiger partial charge in [-0.2, -0.15) is 0 Å². The largest absolute Gasteiger partial charge is 0.480 e. The summed E-state index contributed by atoms with van der Waals surface area (Å²) in [6.45, 7) is 4.45. The van der Waals surface area contributed by atoms with Gasteiger partial charge < -0.3 is 110 Å². The van der Waals surface area contributed by atoms with E-state index in [0.29, 0.717) is 37.8 Å². The van der Waals surface area contributed by atoms with Crippen LogP contribution in [0.2, 0.25) is 0 Å². The number of aromatic amines is 1. The number of rotatable bonds is 43. The smallest absolute Gasteiger partial charge is 0.326 e. The van der Waals surface area contributed by atoms with Gasteiger partial charge in [0.05, 0.1) is 6.04 Å². The number of benzene rings is 2. The Bertz CT molecular complexity index is 3070. The Morgan fingerprint density at radius 2 is 0.926 bits per heavy atom. The molecule has 1 saturated heterocycles. The van der Waals surface area contributed by atoms with Crippen molar-refractivity contribution < 1.29 is 48.3 Å². The van der Waals surface area contributed by atoms with Gasteiger partial charge in [0, 0.05) is 56.1 Å². The van der Waals surface area contributed by atoms with E-state index in [9.17, 15) is 48.3 Å². The van der Waals surface area contributed by atoms with E-state index in [1.165, 1.54) is 0 Å². The molecular weight excluding hydrogens is 1210 g/mol. The van der Waals surface area contributed by atoms with Crippen LogP contribution in [-0.4, -0.2) is 181 Å². The Morgan fingerprint density at radius 3 is 1.38 bits per heavy atom. The van der Waals surface area contributed by atoms with E-state index in [-0.39, 0.29) is 133 Å². The minimum Gasteiger partial charge on any atom is -0.480 e. The van der Waals surface area contributed by atoms with Crippen LogP contribution in [0.3, 0.4) is 0 Å². The molecule has 0 radical (unpaired) electrons. The number of H-pyrrole nitrogens is 1. The number of amides is 8. The van der Waals surface area contributed by atoms with Crippen molar-refractivity contribution in [2.24, 2.45) is 77.5 Å². The number of nitrogens with one attached hydrogen (secondary N) is 10. The number of hydrogen-bond acceptors (Lipinski definition) is 15. The zero-order valence-electron chi connectivity index (χ0n) is 53.7. The fraction of sp³-hybridized carbons (Fsp3) is 0.557. The number of carbonyl (C=O) groups excluding carboxylic acids is 8. The second-order valence-electron chi connectivity index (χ2n) is 23.1. The molecule has 1 aliphatic heterocycles. The zero-order valence-corrected chi connectivity index (χ0v) is 53.7. The van der Waals surface area contributed by atoms with Crippen molar-refractivity contribution in [1.82, 2.24) is 52.8 Å². The van der Waals surface area contributed by atoms with Crippen molar-refractivity contribution in [3.05, 3.63) is 71.9 Å². The topological polar surface area (TPSA) is 582 Å². The lowest BCUT2D eigenvalue weighted by atomic mass is 9.96. The second kappa shape index (κ2) is 40.9. The summed E-state index contributed by atoms with van der Waals surface area (Å²) in [5.74, 6) is -8.89. The SMILES string of the molecule is CC[C@H](C)[C@H](NC(=O)[C@H](CCCN=C(N)N)NC(=O)[C@H](CCCCN)NC(=O)[C@H](CCCN=C(N)N)NC(=O)[C@H](Cc1c[nH]c2ccccc12)NC(=O)[C@H](Cc1ccccc1)NC(=O)[C@@H]1CCCN1)C(=O)N[C@@H](CCCN=C(N)N)C(=O)N[C@@H](CCCN=C(N)N)C(=O)O. The summed E-state index contributed by atoms with van der Waals surface area (Å²) in [6, 6.07) is 5.07. The molecule has 8 amide bonds. The Kier molecular flexibility index (Phi) is 33.4. The summed E-state index contributed by atoms with van der Waals surface area (Å²) in [4.78, 5) is 147. The monoisotopic (exact) mass is 1310 g/mol. The van der Waals surface area contributed by atoms with Crippen LogP contribution < -0.4 is 99.5 Å². The summed E-state index contributed by atoms with van der Waals surface area (Å²) in [5, 5.41) is 36.0. The maximum Gasteiger partial charge on any atom is 0.326 e. The molecule has 10 atom stereocenters. The Balaban J connectivity index is 1.68. The number of carboxylic acids is 1. The van der Waals surface area contributed by atoms with Crippen LogP contribution in [-0.2, 0) is 56.0 Å². The van der Waals surface area contributed by atoms with Gasteiger partial charge in [0.1, 0.15) is 48.3 Å². The predicted octanol–water partition coefficient (Wildman–Crippen LogP) is -3.94. The average molecular weight is 1310 g/mol. The number of guanidine groups is 4. The summed E-state index contributed by atoms with van der Waals surface area (Å²) < 4.78 is 0. The van der Waals surface area contributed by atoms with Crippen molar-refractivity contribution in [2.75, 3.05) is 39.3 Å². The highest BCUT2D eigenvalue weighted by molar-refractivity contribution is 5.99. The number of unbranched alkanes of at least 4 members (excludes halogenated alkanes) is 1. The van der Waals surface area contributed by atoms with E-state index >= 15 is 0 Å². The van der Waals surface area contributed by atoms with Gasteiger partial charge in [-0.15, -0.1) is 0 Å². The number of hydrogen-bond donors (Lipinski definition) is 20. The van der Waals surface area contributed by atoms with Crippen LogP contribution in [0.5, 0.6) is 0 Å². The van der Waals surface area contributed by atoms with Crippen molar-refractivity contribution in [1.29, 1.82) is 0 Å². The molecule has 2 heterocycles. The molecule has 1 aromatic heterocycles. The fourth-order valence-electron chi connectivity index (χ4n) is 10.4. The van der Waals surface area contributed by atoms with Gasteiger partial charge >= 0.3 is 5.97 Å². The van der Waals surface area contributed by atoms with E-state index in [1.54, 1.807) is 32.2 Å². The van der Waals surface area contributed by atoms with Gasteiger partial charge in [-0.25, -0.2) is 4.79 Å². The van der Waals surface area contributed by atoms with Gasteiger partial charge in [-0.3, -0.25) is 58.3 Å². The molecule has 0 spiro atoms. The van der Waals surface area contributed by atoms with Crippen LogP contribution in [0.4, 0.5) is 0 Å². The van der Waals surface area contributed by atoms with Crippen LogP contribution >= 0.6 is 0 Å². The predicted molar refractivity (Wildman–Crippen MR) is 358 cm³/mol. The molecule has 518 valence electrons. The first-order chi connectivity index (χ1) is 44.9. The van der Waals surface area contributed by atoms with Crippen molar-refractivity contribution in [2.45, 2.75) is 171 Å². The molecule has 3 aromatic rings. The summed E-state index contributed by atoms with van der Waals surface area (Å²) >= 11 is 0. The molecule has 1 aliphatic rings. The third-order valence-electron chi connectivity index (χ3n) is 15.7. The molecule has 1 fully saturated rings. The average Bonchev–Trinajstić information content (AvgIpc) is 1.68. The molecule has 2 aromatic carbocycles. The van der Waals surface area contributed by atoms with Gasteiger partial charge in [0.15, 0.2) is 23.8 Å². The molecule has 4 rings (SSSR count). The minimum atomic E-state index is -1.42. The highest BCUT2D eigenvalue weighted by atomic mass is 16.4. The summed E-state index contributed by atoms with van der Waals surface area (Å²) in [5.41, 5.74) is 52.4. The molecule has 0 saturated carbocycles. The number of fused-ring (bicyclic) bond motifs is 1. The number of carbonyl (C=O) groups is 9. The van der Waals surface area contributed by atoms with Crippen molar-refractivity contribution >= 4 is 88.0 Å². The maximum absolute atomic E-state index is 15.0. The van der Waals surface area contributed by atoms with E-state index in [1.807, 2.05) is 42.5 Å². The number of aliphatic carboxylic acids is 1. The molecule has 0 aliphatic carbocycles. The lowest BCUT2D eigenvalue weighted by Crippen LogP contribution is -2.61.